The number of aromatic nitrogens is 2. The van der Waals surface area contributed by atoms with E-state index in [4.69, 9.17) is 0 Å². The summed E-state index contributed by atoms with van der Waals surface area (Å²) in [5, 5.41) is 18.2. The van der Waals surface area contributed by atoms with Crippen LogP contribution in [0, 0.1) is 12.8 Å². The highest BCUT2D eigenvalue weighted by Gasteiger charge is 2.46. The van der Waals surface area contributed by atoms with Gasteiger partial charge in [0.15, 0.2) is 0 Å². The van der Waals surface area contributed by atoms with Crippen LogP contribution in [0.15, 0.2) is 42.5 Å². The van der Waals surface area contributed by atoms with Crippen molar-refractivity contribution in [2.45, 2.75) is 37.8 Å². The van der Waals surface area contributed by atoms with Gasteiger partial charge in [0, 0.05) is 19.0 Å². The molecule has 8 heteroatoms. The Balaban J connectivity index is 1.59. The summed E-state index contributed by atoms with van der Waals surface area (Å²) >= 11 is 1.04. The zero-order valence-electron chi connectivity index (χ0n) is 16.2. The van der Waals surface area contributed by atoms with E-state index in [0.29, 0.717) is 23.5 Å². The van der Waals surface area contributed by atoms with Crippen LogP contribution in [0.3, 0.4) is 0 Å². The van der Waals surface area contributed by atoms with Crippen molar-refractivity contribution in [3.63, 3.8) is 0 Å². The first-order chi connectivity index (χ1) is 14.0. The van der Waals surface area contributed by atoms with Crippen LogP contribution in [0.2, 0.25) is 0 Å². The van der Waals surface area contributed by atoms with Gasteiger partial charge in [-0.3, -0.25) is 9.59 Å². The van der Waals surface area contributed by atoms with Gasteiger partial charge in [0.25, 0.3) is 5.91 Å². The van der Waals surface area contributed by atoms with Gasteiger partial charge in [0.1, 0.15) is 4.88 Å². The Hall–Kier alpha value is -2.58. The van der Waals surface area contributed by atoms with E-state index in [2.05, 4.69) is 14.9 Å². The van der Waals surface area contributed by atoms with Gasteiger partial charge >= 0.3 is 0 Å². The maximum atomic E-state index is 13.0. The quantitative estimate of drug-likeness (QED) is 0.750. The zero-order chi connectivity index (χ0) is 20.4. The molecule has 0 radical (unpaired) electrons. The smallest absolute Gasteiger partial charge is 0.265 e. The molecule has 1 aliphatic carbocycles. The molecule has 1 aliphatic heterocycles. The number of allylic oxidation sites excluding steroid dienone is 2. The molecule has 7 nitrogen and oxygen atoms in total. The van der Waals surface area contributed by atoms with Crippen LogP contribution in [-0.2, 0) is 10.3 Å². The van der Waals surface area contributed by atoms with Crippen LogP contribution in [0.4, 0.5) is 0 Å². The largest absolute Gasteiger partial charge is 0.388 e. The average molecular weight is 413 g/mol. The second kappa shape index (κ2) is 8.04. The van der Waals surface area contributed by atoms with Gasteiger partial charge in [0.2, 0.25) is 5.91 Å². The Morgan fingerprint density at radius 2 is 1.97 bits per heavy atom. The normalized spacial score (nSPS) is 24.6. The van der Waals surface area contributed by atoms with Gasteiger partial charge in [-0.15, -0.1) is 5.10 Å². The third kappa shape index (κ3) is 3.70. The predicted octanol–water partition coefficient (Wildman–Crippen LogP) is 2.03. The number of rotatable bonds is 4. The van der Waals surface area contributed by atoms with Crippen molar-refractivity contribution >= 4 is 23.3 Å². The van der Waals surface area contributed by atoms with E-state index in [9.17, 15) is 14.7 Å². The third-order valence-corrected chi connectivity index (χ3v) is 6.72. The number of carbonyl (C=O) groups excluding carboxylic acids is 2. The number of aliphatic hydroxyl groups excluding tert-OH is 1. The van der Waals surface area contributed by atoms with Crippen molar-refractivity contribution < 1.29 is 14.7 Å². The van der Waals surface area contributed by atoms with E-state index in [1.165, 1.54) is 0 Å². The SMILES string of the molecule is Cc1nnsc1C(=O)N[C@]1(c2ccccc2)CCN(C(=O)C2CC=CC2)C[C@H]1O. The molecule has 2 atom stereocenters. The van der Waals surface area contributed by atoms with Crippen molar-refractivity contribution in [3.8, 4) is 0 Å². The van der Waals surface area contributed by atoms with Crippen LogP contribution < -0.4 is 5.32 Å². The molecular weight excluding hydrogens is 388 g/mol. The number of β-amino-alcohol motifs (C(OH)–C–C–N with tert-alkyl or cyclic N) is 1. The molecule has 2 aliphatic rings. The van der Waals surface area contributed by atoms with Crippen molar-refractivity contribution in [2.75, 3.05) is 13.1 Å². The minimum Gasteiger partial charge on any atom is -0.388 e. The summed E-state index contributed by atoms with van der Waals surface area (Å²) in [5.74, 6) is -0.267. The Kier molecular flexibility index (Phi) is 5.47. The highest BCUT2D eigenvalue weighted by Crippen LogP contribution is 2.35. The van der Waals surface area contributed by atoms with Crippen LogP contribution >= 0.6 is 11.5 Å². The Morgan fingerprint density at radius 1 is 1.24 bits per heavy atom. The summed E-state index contributed by atoms with van der Waals surface area (Å²) in [6, 6.07) is 9.47. The molecule has 152 valence electrons. The molecule has 1 aromatic carbocycles. The first kappa shape index (κ1) is 19.7. The fraction of sp³-hybridized carbons (Fsp3) is 0.429. The molecule has 2 heterocycles. The summed E-state index contributed by atoms with van der Waals surface area (Å²) in [6.07, 6.45) is 5.07. The van der Waals surface area contributed by atoms with Crippen LogP contribution in [0.5, 0.6) is 0 Å². The summed E-state index contributed by atoms with van der Waals surface area (Å²) in [7, 11) is 0. The number of nitrogens with one attached hydrogen (secondary N) is 1. The summed E-state index contributed by atoms with van der Waals surface area (Å²) < 4.78 is 3.84. The summed E-state index contributed by atoms with van der Waals surface area (Å²) in [6.45, 7) is 2.40. The molecule has 2 amide bonds. The number of aliphatic hydroxyl groups is 1. The molecule has 29 heavy (non-hydrogen) atoms. The standard InChI is InChI=1S/C21H24N4O3S/c1-14-18(29-24-23-14)19(27)22-21(16-9-3-2-4-10-16)11-12-25(13-17(21)26)20(28)15-7-5-6-8-15/h2-6,9-10,15,17,26H,7-8,11-13H2,1H3,(H,22,27)/t17-,21+/m1/s1. The van der Waals surface area contributed by atoms with E-state index in [0.717, 1.165) is 29.9 Å². The molecule has 4 rings (SSSR count). The lowest BCUT2D eigenvalue weighted by molar-refractivity contribution is -0.141. The second-order valence-electron chi connectivity index (χ2n) is 7.67. The zero-order valence-corrected chi connectivity index (χ0v) is 17.1. The van der Waals surface area contributed by atoms with Crippen molar-refractivity contribution in [1.29, 1.82) is 0 Å². The monoisotopic (exact) mass is 412 g/mol. The fourth-order valence-electron chi connectivity index (χ4n) is 4.20. The van der Waals surface area contributed by atoms with Gasteiger partial charge in [0.05, 0.1) is 17.3 Å². The maximum Gasteiger partial charge on any atom is 0.265 e. The lowest BCUT2D eigenvalue weighted by Gasteiger charge is -2.46. The molecule has 0 unspecified atom stereocenters. The average Bonchev–Trinajstić information content (AvgIpc) is 3.41. The van der Waals surface area contributed by atoms with Crippen LogP contribution in [0.25, 0.3) is 0 Å². The third-order valence-electron chi connectivity index (χ3n) is 5.89. The van der Waals surface area contributed by atoms with Gasteiger partial charge in [-0.25, -0.2) is 0 Å². The van der Waals surface area contributed by atoms with E-state index in [1.54, 1.807) is 11.8 Å². The van der Waals surface area contributed by atoms with Gasteiger partial charge in [-0.2, -0.15) is 0 Å². The van der Waals surface area contributed by atoms with Crippen LogP contribution in [0.1, 0.15) is 40.2 Å². The molecule has 0 bridgehead atoms. The molecule has 0 spiro atoms. The number of amides is 2. The highest BCUT2D eigenvalue weighted by molar-refractivity contribution is 7.08. The summed E-state index contributed by atoms with van der Waals surface area (Å²) in [5.41, 5.74) is 0.414. The molecular formula is C21H24N4O3S. The maximum absolute atomic E-state index is 13.0. The fourth-order valence-corrected chi connectivity index (χ4v) is 4.75. The minimum absolute atomic E-state index is 0.0352. The Bertz CT molecular complexity index is 921. The van der Waals surface area contributed by atoms with Crippen molar-refractivity contribution in [3.05, 3.63) is 58.6 Å². The van der Waals surface area contributed by atoms with Crippen LogP contribution in [-0.4, -0.2) is 50.6 Å². The number of carbonyl (C=O) groups is 2. The van der Waals surface area contributed by atoms with Crippen molar-refractivity contribution in [1.82, 2.24) is 19.8 Å². The molecule has 2 aromatic rings. The summed E-state index contributed by atoms with van der Waals surface area (Å²) in [4.78, 5) is 27.9. The van der Waals surface area contributed by atoms with Gasteiger partial charge < -0.3 is 15.3 Å². The first-order valence-electron chi connectivity index (χ1n) is 9.80. The lowest BCUT2D eigenvalue weighted by atomic mass is 9.78. The molecule has 1 saturated heterocycles. The number of aryl methyl sites for hydroxylation is 1. The van der Waals surface area contributed by atoms with Crippen molar-refractivity contribution in [2.24, 2.45) is 5.92 Å². The number of hydrogen-bond acceptors (Lipinski definition) is 6. The van der Waals surface area contributed by atoms with Gasteiger partial charge in [-0.1, -0.05) is 47.0 Å². The predicted molar refractivity (Wildman–Crippen MR) is 109 cm³/mol. The second-order valence-corrected chi connectivity index (χ2v) is 8.42. The Morgan fingerprint density at radius 3 is 2.59 bits per heavy atom. The molecule has 0 saturated carbocycles. The minimum atomic E-state index is -0.973. The topological polar surface area (TPSA) is 95.4 Å². The van der Waals surface area contributed by atoms with E-state index < -0.39 is 11.6 Å². The van der Waals surface area contributed by atoms with Gasteiger partial charge in [-0.05, 0) is 43.3 Å². The number of nitrogens with zero attached hydrogens (tertiary/aromatic N) is 3. The number of hydrogen-bond donors (Lipinski definition) is 2. The highest BCUT2D eigenvalue weighted by atomic mass is 32.1. The van der Waals surface area contributed by atoms with E-state index >= 15 is 0 Å². The molecule has 2 N–H and O–H groups in total. The number of piperidine rings is 1. The molecule has 1 fully saturated rings. The first-order valence-corrected chi connectivity index (χ1v) is 10.6. The van der Waals surface area contributed by atoms with E-state index in [-0.39, 0.29) is 24.3 Å². The van der Waals surface area contributed by atoms with E-state index in [1.807, 2.05) is 42.5 Å². The number of likely N-dealkylation sites (tertiary alicyclic amines) is 1. The number of benzene rings is 1. The lowest BCUT2D eigenvalue weighted by Crippen LogP contribution is -2.63. The Labute approximate surface area is 173 Å². The molecule has 1 aromatic heterocycles.